The first-order valence-electron chi connectivity index (χ1n) is 8.37. The lowest BCUT2D eigenvalue weighted by atomic mass is 9.87. The van der Waals surface area contributed by atoms with Crippen molar-refractivity contribution in [2.24, 2.45) is 10.8 Å². The molecule has 136 valence electrons. The Bertz CT molecular complexity index is 1060. The fourth-order valence-electron chi connectivity index (χ4n) is 2.50. The number of nitrogens with one attached hydrogen (secondary N) is 2. The van der Waals surface area contributed by atoms with Crippen molar-refractivity contribution >= 4 is 28.3 Å². The van der Waals surface area contributed by atoms with Crippen molar-refractivity contribution in [3.05, 3.63) is 48.0 Å². The summed E-state index contributed by atoms with van der Waals surface area (Å²) in [6, 6.07) is 15.2. The van der Waals surface area contributed by atoms with E-state index < -0.39 is 5.84 Å². The second-order valence-electron chi connectivity index (χ2n) is 7.13. The monoisotopic (exact) mass is 360 g/mol. The van der Waals surface area contributed by atoms with E-state index in [0.29, 0.717) is 22.7 Å². The highest BCUT2D eigenvalue weighted by Crippen LogP contribution is 2.29. The van der Waals surface area contributed by atoms with Crippen LogP contribution in [-0.2, 0) is 5.41 Å². The van der Waals surface area contributed by atoms with Crippen LogP contribution in [0.2, 0.25) is 0 Å². The molecule has 0 aliphatic rings. The van der Waals surface area contributed by atoms with E-state index in [1.165, 1.54) is 5.56 Å². The van der Waals surface area contributed by atoms with Crippen LogP contribution in [0.25, 0.3) is 22.6 Å². The van der Waals surface area contributed by atoms with Crippen LogP contribution in [0.5, 0.6) is 0 Å². The molecule has 0 saturated heterocycles. The van der Waals surface area contributed by atoms with Gasteiger partial charge in [0.15, 0.2) is 11.4 Å². The number of amidine groups is 1. The number of nitriles is 1. The van der Waals surface area contributed by atoms with Crippen molar-refractivity contribution in [1.29, 1.82) is 10.7 Å². The molecule has 0 fully saturated rings. The molecule has 4 N–H and O–H groups in total. The predicted molar refractivity (Wildman–Crippen MR) is 107 cm³/mol. The summed E-state index contributed by atoms with van der Waals surface area (Å²) in [6.07, 6.45) is 0. The average molecular weight is 360 g/mol. The summed E-state index contributed by atoms with van der Waals surface area (Å²) in [7, 11) is 0. The van der Waals surface area contributed by atoms with Gasteiger partial charge in [-0.25, -0.2) is 4.98 Å². The Morgan fingerprint density at radius 2 is 1.93 bits per heavy atom. The van der Waals surface area contributed by atoms with Crippen molar-refractivity contribution in [2.75, 3.05) is 5.43 Å². The zero-order chi connectivity index (χ0) is 19.6. The summed E-state index contributed by atoms with van der Waals surface area (Å²) in [4.78, 5) is 4.52. The van der Waals surface area contributed by atoms with E-state index in [2.05, 4.69) is 48.4 Å². The summed E-state index contributed by atoms with van der Waals surface area (Å²) in [6.45, 7) is 6.51. The summed E-state index contributed by atoms with van der Waals surface area (Å²) >= 11 is 0. The van der Waals surface area contributed by atoms with Crippen LogP contribution in [-0.4, -0.2) is 16.5 Å². The summed E-state index contributed by atoms with van der Waals surface area (Å²) in [5, 5.41) is 19.9. The van der Waals surface area contributed by atoms with Crippen LogP contribution >= 0.6 is 0 Å². The number of fused-ring (bicyclic) bond motifs is 1. The van der Waals surface area contributed by atoms with Gasteiger partial charge in [0, 0.05) is 11.6 Å². The van der Waals surface area contributed by atoms with Crippen LogP contribution in [0.3, 0.4) is 0 Å². The Hall–Kier alpha value is -3.66. The normalized spacial score (nSPS) is 12.0. The fraction of sp³-hybridized carbons (Fsp3) is 0.200. The second-order valence-corrected chi connectivity index (χ2v) is 7.13. The van der Waals surface area contributed by atoms with Gasteiger partial charge in [0.2, 0.25) is 11.6 Å². The summed E-state index contributed by atoms with van der Waals surface area (Å²) < 4.78 is 5.87. The van der Waals surface area contributed by atoms with Gasteiger partial charge in [-0.05, 0) is 35.2 Å². The molecule has 3 rings (SSSR count). The van der Waals surface area contributed by atoms with Gasteiger partial charge < -0.3 is 10.2 Å². The van der Waals surface area contributed by atoms with Gasteiger partial charge >= 0.3 is 0 Å². The minimum atomic E-state index is -0.397. The van der Waals surface area contributed by atoms with E-state index in [9.17, 15) is 0 Å². The highest BCUT2D eigenvalue weighted by Gasteiger charge is 2.14. The van der Waals surface area contributed by atoms with Gasteiger partial charge in [-0.3, -0.25) is 10.8 Å². The number of nitrogens with two attached hydrogens (primary N) is 1. The molecule has 1 aromatic heterocycles. The standard InChI is InChI=1S/C20H20N6O/c1-20(2,3)13-6-4-12(5-7-13)19-24-15-9-8-14(10-17(15)27-19)25-26-16(11-21)18(22)23/h4-10,25H,1-3H3,(H3,22,23)/b26-16+. The maximum Gasteiger partial charge on any atom is 0.227 e. The zero-order valence-electron chi connectivity index (χ0n) is 15.4. The molecule has 1 heterocycles. The molecule has 0 amide bonds. The third kappa shape index (κ3) is 3.96. The molecule has 27 heavy (non-hydrogen) atoms. The van der Waals surface area contributed by atoms with E-state index in [4.69, 9.17) is 20.8 Å². The zero-order valence-corrected chi connectivity index (χ0v) is 15.4. The number of nitrogens with zero attached hydrogens (tertiary/aromatic N) is 3. The lowest BCUT2D eigenvalue weighted by molar-refractivity contribution is 0.589. The Morgan fingerprint density at radius 3 is 2.52 bits per heavy atom. The topological polar surface area (TPSA) is 124 Å². The molecule has 7 nitrogen and oxygen atoms in total. The lowest BCUT2D eigenvalue weighted by Gasteiger charge is -2.18. The predicted octanol–water partition coefficient (Wildman–Crippen LogP) is 4.02. The van der Waals surface area contributed by atoms with Gasteiger partial charge in [0.1, 0.15) is 11.6 Å². The van der Waals surface area contributed by atoms with Gasteiger partial charge in [0.25, 0.3) is 0 Å². The smallest absolute Gasteiger partial charge is 0.227 e. The maximum atomic E-state index is 8.88. The van der Waals surface area contributed by atoms with Crippen LogP contribution in [0.1, 0.15) is 26.3 Å². The molecule has 0 spiro atoms. The number of hydrazone groups is 1. The van der Waals surface area contributed by atoms with Crippen molar-refractivity contribution in [1.82, 2.24) is 4.98 Å². The van der Waals surface area contributed by atoms with Crippen molar-refractivity contribution in [3.8, 4) is 17.5 Å². The van der Waals surface area contributed by atoms with Crippen LogP contribution in [0, 0.1) is 16.7 Å². The lowest BCUT2D eigenvalue weighted by Crippen LogP contribution is -2.21. The van der Waals surface area contributed by atoms with Gasteiger partial charge in [-0.15, -0.1) is 0 Å². The van der Waals surface area contributed by atoms with Crippen molar-refractivity contribution in [3.63, 3.8) is 0 Å². The van der Waals surface area contributed by atoms with Crippen LogP contribution in [0.4, 0.5) is 5.69 Å². The van der Waals surface area contributed by atoms with Crippen LogP contribution in [0.15, 0.2) is 52.0 Å². The molecule has 0 aliphatic carbocycles. The Morgan fingerprint density at radius 1 is 1.22 bits per heavy atom. The minimum Gasteiger partial charge on any atom is -0.436 e. The summed E-state index contributed by atoms with van der Waals surface area (Å²) in [5.74, 6) is 0.138. The highest BCUT2D eigenvalue weighted by molar-refractivity contribution is 6.45. The molecule has 0 bridgehead atoms. The molecule has 2 aromatic carbocycles. The fourth-order valence-corrected chi connectivity index (χ4v) is 2.50. The number of aromatic nitrogens is 1. The number of rotatable bonds is 4. The number of benzene rings is 2. The Kier molecular flexibility index (Phi) is 4.65. The first-order chi connectivity index (χ1) is 12.8. The van der Waals surface area contributed by atoms with E-state index in [-0.39, 0.29) is 11.1 Å². The molecule has 3 aromatic rings. The average Bonchev–Trinajstić information content (AvgIpc) is 3.04. The third-order valence-electron chi connectivity index (χ3n) is 4.04. The van der Waals surface area contributed by atoms with Crippen molar-refractivity contribution < 1.29 is 4.42 Å². The van der Waals surface area contributed by atoms with E-state index in [1.54, 1.807) is 24.3 Å². The molecule has 0 radical (unpaired) electrons. The Balaban J connectivity index is 1.88. The van der Waals surface area contributed by atoms with Crippen LogP contribution < -0.4 is 11.2 Å². The molecular weight excluding hydrogens is 340 g/mol. The molecule has 0 saturated carbocycles. The van der Waals surface area contributed by atoms with Gasteiger partial charge in [0.05, 0.1) is 5.69 Å². The first kappa shape index (κ1) is 18.1. The van der Waals surface area contributed by atoms with Crippen molar-refractivity contribution in [2.45, 2.75) is 26.2 Å². The largest absolute Gasteiger partial charge is 0.436 e. The molecular formula is C20H20N6O. The number of hydrogen-bond donors (Lipinski definition) is 3. The molecule has 0 unspecified atom stereocenters. The SMILES string of the molecule is CC(C)(C)c1ccc(-c2nc3ccc(N/N=C(\C#N)C(=N)N)cc3o2)cc1. The molecule has 0 aliphatic heterocycles. The second kappa shape index (κ2) is 6.92. The number of oxazole rings is 1. The van der Waals surface area contributed by atoms with Gasteiger partial charge in [-0.1, -0.05) is 32.9 Å². The highest BCUT2D eigenvalue weighted by atomic mass is 16.3. The van der Waals surface area contributed by atoms with E-state index >= 15 is 0 Å². The molecule has 0 atom stereocenters. The number of anilines is 1. The van der Waals surface area contributed by atoms with E-state index in [1.807, 2.05) is 12.1 Å². The van der Waals surface area contributed by atoms with Gasteiger partial charge in [-0.2, -0.15) is 10.4 Å². The first-order valence-corrected chi connectivity index (χ1v) is 8.37. The Labute approximate surface area is 157 Å². The minimum absolute atomic E-state index is 0.0864. The number of hydrogen-bond acceptors (Lipinski definition) is 6. The maximum absolute atomic E-state index is 8.88. The van der Waals surface area contributed by atoms with E-state index in [0.717, 1.165) is 5.56 Å². The summed E-state index contributed by atoms with van der Waals surface area (Å²) in [5.41, 5.74) is 11.9. The quantitative estimate of drug-likeness (QED) is 0.368. The third-order valence-corrected chi connectivity index (χ3v) is 4.04. The molecule has 7 heteroatoms.